The summed E-state index contributed by atoms with van der Waals surface area (Å²) in [4.78, 5) is 24.4. The molecule has 0 unspecified atom stereocenters. The number of aliphatic carboxylic acids is 1. The summed E-state index contributed by atoms with van der Waals surface area (Å²) in [5.41, 5.74) is 1.15. The number of hydrogen-bond donors (Lipinski definition) is 2. The zero-order valence-electron chi connectivity index (χ0n) is 10.9. The number of anilines is 1. The largest absolute Gasteiger partial charge is 0.481 e. The maximum Gasteiger partial charge on any atom is 0.321 e. The van der Waals surface area contributed by atoms with Crippen LogP contribution < -0.4 is 5.32 Å². The summed E-state index contributed by atoms with van der Waals surface area (Å²) in [6.45, 7) is 0.887. The highest BCUT2D eigenvalue weighted by atomic mass is 16.4. The Morgan fingerprint density at radius 1 is 1.25 bits per heavy atom. The molecule has 0 aromatic heterocycles. The summed E-state index contributed by atoms with van der Waals surface area (Å²) in [5, 5.41) is 20.3. The fraction of sp³-hybridized carbons (Fsp3) is 0.357. The maximum atomic E-state index is 12.0. The third-order valence-corrected chi connectivity index (χ3v) is 3.40. The number of carboxylic acids is 1. The normalized spacial score (nSPS) is 15.4. The standard InChI is InChI=1S/C14H15N3O3/c15-9-10-1-3-12(4-2-10)16-14(20)17-7-5-11(6-8-17)13(18)19/h1-4,11H,5-8H2,(H,16,20)(H,18,19). The quantitative estimate of drug-likeness (QED) is 0.860. The van der Waals surface area contributed by atoms with E-state index < -0.39 is 5.97 Å². The molecule has 1 heterocycles. The Hall–Kier alpha value is -2.55. The zero-order valence-corrected chi connectivity index (χ0v) is 10.9. The Morgan fingerprint density at radius 2 is 1.85 bits per heavy atom. The van der Waals surface area contributed by atoms with Crippen molar-refractivity contribution in [3.63, 3.8) is 0 Å². The van der Waals surface area contributed by atoms with Crippen molar-refractivity contribution in [3.8, 4) is 6.07 Å². The first-order chi connectivity index (χ1) is 9.60. The lowest BCUT2D eigenvalue weighted by molar-refractivity contribution is -0.143. The summed E-state index contributed by atoms with van der Waals surface area (Å²) in [7, 11) is 0. The van der Waals surface area contributed by atoms with Gasteiger partial charge < -0.3 is 15.3 Å². The second kappa shape index (κ2) is 6.06. The molecule has 0 saturated carbocycles. The second-order valence-corrected chi connectivity index (χ2v) is 4.72. The summed E-state index contributed by atoms with van der Waals surface area (Å²) in [5.74, 6) is -1.15. The Balaban J connectivity index is 1.89. The van der Waals surface area contributed by atoms with Crippen LogP contribution in [0.2, 0.25) is 0 Å². The summed E-state index contributed by atoms with van der Waals surface area (Å²) in [6.07, 6.45) is 0.965. The lowest BCUT2D eigenvalue weighted by Crippen LogP contribution is -2.42. The number of amides is 2. The van der Waals surface area contributed by atoms with Gasteiger partial charge in [0.25, 0.3) is 0 Å². The fourth-order valence-electron chi connectivity index (χ4n) is 2.16. The van der Waals surface area contributed by atoms with Gasteiger partial charge in [0.05, 0.1) is 17.6 Å². The van der Waals surface area contributed by atoms with Crippen molar-refractivity contribution in [2.24, 2.45) is 5.92 Å². The second-order valence-electron chi connectivity index (χ2n) is 4.72. The molecule has 1 aromatic rings. The van der Waals surface area contributed by atoms with E-state index >= 15 is 0 Å². The molecular formula is C14H15N3O3. The minimum Gasteiger partial charge on any atom is -0.481 e. The highest BCUT2D eigenvalue weighted by molar-refractivity contribution is 5.89. The molecule has 1 aliphatic rings. The van der Waals surface area contributed by atoms with Gasteiger partial charge in [0, 0.05) is 18.8 Å². The van der Waals surface area contributed by atoms with Crippen molar-refractivity contribution >= 4 is 17.7 Å². The monoisotopic (exact) mass is 273 g/mol. The van der Waals surface area contributed by atoms with E-state index in [1.165, 1.54) is 0 Å². The first kappa shape index (κ1) is 13.9. The van der Waals surface area contributed by atoms with E-state index in [0.717, 1.165) is 0 Å². The molecule has 0 radical (unpaired) electrons. The number of carbonyl (C=O) groups is 2. The molecule has 6 heteroatoms. The van der Waals surface area contributed by atoms with Crippen LogP contribution in [0.25, 0.3) is 0 Å². The molecule has 1 aliphatic heterocycles. The van der Waals surface area contributed by atoms with Gasteiger partial charge in [-0.3, -0.25) is 4.79 Å². The van der Waals surface area contributed by atoms with Gasteiger partial charge in [0.1, 0.15) is 0 Å². The molecule has 2 rings (SSSR count). The van der Waals surface area contributed by atoms with Crippen molar-refractivity contribution in [1.29, 1.82) is 5.26 Å². The number of rotatable bonds is 2. The predicted molar refractivity (Wildman–Crippen MR) is 72.1 cm³/mol. The minimum absolute atomic E-state index is 0.237. The van der Waals surface area contributed by atoms with Crippen molar-refractivity contribution in [2.75, 3.05) is 18.4 Å². The number of carboxylic acid groups (broad SMARTS) is 1. The van der Waals surface area contributed by atoms with Gasteiger partial charge in [-0.05, 0) is 37.1 Å². The van der Waals surface area contributed by atoms with E-state index in [1.54, 1.807) is 29.2 Å². The lowest BCUT2D eigenvalue weighted by atomic mass is 9.97. The zero-order chi connectivity index (χ0) is 14.5. The van der Waals surface area contributed by atoms with Gasteiger partial charge in [0.2, 0.25) is 0 Å². The molecule has 2 amide bonds. The van der Waals surface area contributed by atoms with E-state index in [1.807, 2.05) is 6.07 Å². The third-order valence-electron chi connectivity index (χ3n) is 3.40. The summed E-state index contributed by atoms with van der Waals surface area (Å²) in [6, 6.07) is 8.37. The SMILES string of the molecule is N#Cc1ccc(NC(=O)N2CCC(C(=O)O)CC2)cc1. The first-order valence-electron chi connectivity index (χ1n) is 6.39. The number of benzene rings is 1. The van der Waals surface area contributed by atoms with Gasteiger partial charge in [-0.2, -0.15) is 5.26 Å². The van der Waals surface area contributed by atoms with Crippen molar-refractivity contribution in [1.82, 2.24) is 4.90 Å². The van der Waals surface area contributed by atoms with Gasteiger partial charge in [0.15, 0.2) is 0 Å². The maximum absolute atomic E-state index is 12.0. The van der Waals surface area contributed by atoms with Crippen LogP contribution in [0.4, 0.5) is 10.5 Å². The van der Waals surface area contributed by atoms with Crippen molar-refractivity contribution in [2.45, 2.75) is 12.8 Å². The van der Waals surface area contributed by atoms with Gasteiger partial charge >= 0.3 is 12.0 Å². The van der Waals surface area contributed by atoms with E-state index in [9.17, 15) is 9.59 Å². The molecule has 0 bridgehead atoms. The smallest absolute Gasteiger partial charge is 0.321 e. The predicted octanol–water partition coefficient (Wildman–Crippen LogP) is 1.89. The number of nitrogens with zero attached hydrogens (tertiary/aromatic N) is 2. The van der Waals surface area contributed by atoms with Crippen molar-refractivity contribution in [3.05, 3.63) is 29.8 Å². The topological polar surface area (TPSA) is 93.4 Å². The highest BCUT2D eigenvalue weighted by Crippen LogP contribution is 2.18. The minimum atomic E-state index is -0.794. The molecule has 6 nitrogen and oxygen atoms in total. The molecule has 0 spiro atoms. The van der Waals surface area contributed by atoms with Crippen LogP contribution in [0, 0.1) is 17.2 Å². The Morgan fingerprint density at radius 3 is 2.35 bits per heavy atom. The molecule has 0 aliphatic carbocycles. The molecule has 1 fully saturated rings. The average Bonchev–Trinajstić information content (AvgIpc) is 2.48. The summed E-state index contributed by atoms with van der Waals surface area (Å²) >= 11 is 0. The van der Waals surface area contributed by atoms with E-state index in [0.29, 0.717) is 37.2 Å². The molecular weight excluding hydrogens is 258 g/mol. The number of piperidine rings is 1. The van der Waals surface area contributed by atoms with E-state index in [4.69, 9.17) is 10.4 Å². The van der Waals surface area contributed by atoms with E-state index in [2.05, 4.69) is 5.32 Å². The van der Waals surface area contributed by atoms with Crippen LogP contribution in [-0.4, -0.2) is 35.1 Å². The summed E-state index contributed by atoms with van der Waals surface area (Å²) < 4.78 is 0. The molecule has 104 valence electrons. The molecule has 0 atom stereocenters. The van der Waals surface area contributed by atoms with Crippen LogP contribution in [0.5, 0.6) is 0 Å². The van der Waals surface area contributed by atoms with Crippen LogP contribution in [0.3, 0.4) is 0 Å². The molecule has 1 saturated heterocycles. The average molecular weight is 273 g/mol. The first-order valence-corrected chi connectivity index (χ1v) is 6.39. The molecule has 20 heavy (non-hydrogen) atoms. The van der Waals surface area contributed by atoms with Crippen molar-refractivity contribution < 1.29 is 14.7 Å². The molecule has 1 aromatic carbocycles. The number of urea groups is 1. The van der Waals surface area contributed by atoms with Gasteiger partial charge in [-0.1, -0.05) is 0 Å². The van der Waals surface area contributed by atoms with Gasteiger partial charge in [-0.25, -0.2) is 4.79 Å². The number of nitrogens with one attached hydrogen (secondary N) is 1. The molecule has 2 N–H and O–H groups in total. The third kappa shape index (κ3) is 3.26. The van der Waals surface area contributed by atoms with Crippen LogP contribution in [0.1, 0.15) is 18.4 Å². The highest BCUT2D eigenvalue weighted by Gasteiger charge is 2.26. The lowest BCUT2D eigenvalue weighted by Gasteiger charge is -2.30. The van der Waals surface area contributed by atoms with Crippen LogP contribution >= 0.6 is 0 Å². The Bertz CT molecular complexity index is 540. The van der Waals surface area contributed by atoms with Crippen LogP contribution in [0.15, 0.2) is 24.3 Å². The van der Waals surface area contributed by atoms with Gasteiger partial charge in [-0.15, -0.1) is 0 Å². The number of hydrogen-bond acceptors (Lipinski definition) is 3. The van der Waals surface area contributed by atoms with E-state index in [-0.39, 0.29) is 11.9 Å². The number of likely N-dealkylation sites (tertiary alicyclic amines) is 1. The van der Waals surface area contributed by atoms with Crippen LogP contribution in [-0.2, 0) is 4.79 Å². The Labute approximate surface area is 116 Å². The number of nitriles is 1. The Kier molecular flexibility index (Phi) is 4.20. The fourth-order valence-corrected chi connectivity index (χ4v) is 2.16. The number of carbonyl (C=O) groups excluding carboxylic acids is 1.